The Kier molecular flexibility index (Phi) is 6.61. The van der Waals surface area contributed by atoms with E-state index in [4.69, 9.17) is 17.0 Å². The lowest BCUT2D eigenvalue weighted by Gasteiger charge is -2.13. The summed E-state index contributed by atoms with van der Waals surface area (Å²) in [5, 5.41) is 7.05. The fraction of sp³-hybridized carbons (Fsp3) is 0.174. The normalized spacial score (nSPS) is 10.4. The molecule has 2 N–H and O–H groups in total. The van der Waals surface area contributed by atoms with Crippen molar-refractivity contribution in [2.45, 2.75) is 27.0 Å². The fourth-order valence-electron chi connectivity index (χ4n) is 2.67. The van der Waals surface area contributed by atoms with E-state index in [-0.39, 0.29) is 5.82 Å². The Morgan fingerprint density at radius 1 is 0.929 bits per heavy atom. The van der Waals surface area contributed by atoms with Crippen LogP contribution in [0.3, 0.4) is 0 Å². The number of hydrogen-bond acceptors (Lipinski definition) is 2. The van der Waals surface area contributed by atoms with E-state index in [9.17, 15) is 4.39 Å². The largest absolute Gasteiger partial charge is 0.489 e. The number of thiocarbonyl (C=S) groups is 1. The third-order valence-electron chi connectivity index (χ3n) is 4.34. The van der Waals surface area contributed by atoms with Crippen molar-refractivity contribution in [2.75, 3.05) is 5.32 Å². The standard InChI is InChI=1S/C23H23FN2OS/c1-16-3-4-17(2)22(13-16)26-23(28)25-14-18-7-11-21(12-8-18)27-15-19-5-9-20(24)10-6-19/h3-13H,14-15H2,1-2H3,(H2,25,26,28). The smallest absolute Gasteiger partial charge is 0.171 e. The van der Waals surface area contributed by atoms with Crippen LogP contribution in [0.25, 0.3) is 0 Å². The molecule has 0 amide bonds. The zero-order valence-corrected chi connectivity index (χ0v) is 16.8. The van der Waals surface area contributed by atoms with Crippen LogP contribution in [0.2, 0.25) is 0 Å². The molecular weight excluding hydrogens is 371 g/mol. The molecule has 144 valence electrons. The number of aryl methyl sites for hydroxylation is 2. The molecule has 0 heterocycles. The van der Waals surface area contributed by atoms with E-state index in [0.29, 0.717) is 18.3 Å². The summed E-state index contributed by atoms with van der Waals surface area (Å²) in [5.41, 5.74) is 5.38. The second-order valence-electron chi connectivity index (χ2n) is 6.69. The first kappa shape index (κ1) is 19.8. The van der Waals surface area contributed by atoms with E-state index in [0.717, 1.165) is 28.1 Å². The monoisotopic (exact) mass is 394 g/mol. The Morgan fingerprint density at radius 2 is 1.61 bits per heavy atom. The second kappa shape index (κ2) is 9.33. The van der Waals surface area contributed by atoms with E-state index in [2.05, 4.69) is 42.7 Å². The van der Waals surface area contributed by atoms with Crippen LogP contribution < -0.4 is 15.4 Å². The van der Waals surface area contributed by atoms with Crippen LogP contribution in [0, 0.1) is 19.7 Å². The Hall–Kier alpha value is -2.92. The molecule has 0 bridgehead atoms. The van der Waals surface area contributed by atoms with E-state index >= 15 is 0 Å². The summed E-state index contributed by atoms with van der Waals surface area (Å²) in [6.07, 6.45) is 0. The van der Waals surface area contributed by atoms with Crippen molar-refractivity contribution < 1.29 is 9.13 Å². The van der Waals surface area contributed by atoms with Crippen LogP contribution in [0.1, 0.15) is 22.3 Å². The quantitative estimate of drug-likeness (QED) is 0.540. The Balaban J connectivity index is 1.48. The minimum Gasteiger partial charge on any atom is -0.489 e. The third kappa shape index (κ3) is 5.79. The molecule has 0 radical (unpaired) electrons. The topological polar surface area (TPSA) is 33.3 Å². The summed E-state index contributed by atoms with van der Waals surface area (Å²) in [7, 11) is 0. The highest BCUT2D eigenvalue weighted by Gasteiger charge is 2.03. The van der Waals surface area contributed by atoms with Crippen LogP contribution in [0.15, 0.2) is 66.7 Å². The Morgan fingerprint density at radius 3 is 2.32 bits per heavy atom. The first-order valence-electron chi connectivity index (χ1n) is 9.08. The number of anilines is 1. The van der Waals surface area contributed by atoms with Gasteiger partial charge in [-0.05, 0) is 78.7 Å². The van der Waals surface area contributed by atoms with Gasteiger partial charge in [0.1, 0.15) is 18.2 Å². The highest BCUT2D eigenvalue weighted by atomic mass is 32.1. The molecule has 0 aliphatic carbocycles. The molecule has 0 fully saturated rings. The SMILES string of the molecule is Cc1ccc(C)c(NC(=S)NCc2ccc(OCc3ccc(F)cc3)cc2)c1. The van der Waals surface area contributed by atoms with Crippen molar-refractivity contribution in [1.82, 2.24) is 5.32 Å². The molecular formula is C23H23FN2OS. The van der Waals surface area contributed by atoms with E-state index in [1.54, 1.807) is 12.1 Å². The van der Waals surface area contributed by atoms with E-state index in [1.165, 1.54) is 17.7 Å². The summed E-state index contributed by atoms with van der Waals surface area (Å²) in [4.78, 5) is 0. The first-order chi connectivity index (χ1) is 13.5. The zero-order valence-electron chi connectivity index (χ0n) is 16.0. The molecule has 3 rings (SSSR count). The lowest BCUT2D eigenvalue weighted by molar-refractivity contribution is 0.306. The van der Waals surface area contributed by atoms with Crippen molar-refractivity contribution in [3.63, 3.8) is 0 Å². The number of hydrogen-bond donors (Lipinski definition) is 2. The maximum atomic E-state index is 12.9. The molecule has 0 saturated heterocycles. The van der Waals surface area contributed by atoms with Crippen LogP contribution in [-0.4, -0.2) is 5.11 Å². The van der Waals surface area contributed by atoms with Crippen molar-refractivity contribution in [3.05, 3.63) is 94.8 Å². The van der Waals surface area contributed by atoms with Gasteiger partial charge in [0.05, 0.1) is 0 Å². The van der Waals surface area contributed by atoms with Gasteiger partial charge < -0.3 is 15.4 Å². The summed E-state index contributed by atoms with van der Waals surface area (Å²) in [5.74, 6) is 0.523. The number of nitrogens with one attached hydrogen (secondary N) is 2. The lowest BCUT2D eigenvalue weighted by Crippen LogP contribution is -2.28. The minimum absolute atomic E-state index is 0.245. The summed E-state index contributed by atoms with van der Waals surface area (Å²) in [6, 6.07) is 20.4. The molecule has 3 nitrogen and oxygen atoms in total. The zero-order chi connectivity index (χ0) is 19.9. The van der Waals surface area contributed by atoms with Crippen LogP contribution in [0.4, 0.5) is 10.1 Å². The van der Waals surface area contributed by atoms with Gasteiger partial charge in [-0.2, -0.15) is 0 Å². The van der Waals surface area contributed by atoms with Gasteiger partial charge in [0.15, 0.2) is 5.11 Å². The molecule has 3 aromatic rings. The van der Waals surface area contributed by atoms with Crippen LogP contribution >= 0.6 is 12.2 Å². The lowest BCUT2D eigenvalue weighted by atomic mass is 10.1. The molecule has 0 atom stereocenters. The van der Waals surface area contributed by atoms with Crippen molar-refractivity contribution in [3.8, 4) is 5.75 Å². The first-order valence-corrected chi connectivity index (χ1v) is 9.49. The summed E-state index contributed by atoms with van der Waals surface area (Å²) >= 11 is 5.40. The van der Waals surface area contributed by atoms with E-state index in [1.807, 2.05) is 24.3 Å². The maximum Gasteiger partial charge on any atom is 0.171 e. The molecule has 0 unspecified atom stereocenters. The molecule has 0 aliphatic rings. The molecule has 3 aromatic carbocycles. The predicted molar refractivity (Wildman–Crippen MR) is 116 cm³/mol. The maximum absolute atomic E-state index is 12.9. The predicted octanol–water partition coefficient (Wildman–Crippen LogP) is 5.51. The molecule has 0 aromatic heterocycles. The van der Waals surface area contributed by atoms with E-state index < -0.39 is 0 Å². The Bertz CT molecular complexity index is 940. The van der Waals surface area contributed by atoms with Crippen molar-refractivity contribution in [1.29, 1.82) is 0 Å². The molecule has 0 spiro atoms. The average Bonchev–Trinajstić information content (AvgIpc) is 2.69. The minimum atomic E-state index is -0.245. The number of rotatable bonds is 6. The van der Waals surface area contributed by atoms with Gasteiger partial charge in [-0.15, -0.1) is 0 Å². The van der Waals surface area contributed by atoms with Gasteiger partial charge in [-0.3, -0.25) is 0 Å². The molecule has 0 aliphatic heterocycles. The molecule has 0 saturated carbocycles. The van der Waals surface area contributed by atoms with Gasteiger partial charge in [0.25, 0.3) is 0 Å². The molecule has 28 heavy (non-hydrogen) atoms. The summed E-state index contributed by atoms with van der Waals surface area (Å²) < 4.78 is 18.7. The second-order valence-corrected chi connectivity index (χ2v) is 7.09. The van der Waals surface area contributed by atoms with Gasteiger partial charge in [-0.1, -0.05) is 36.4 Å². The third-order valence-corrected chi connectivity index (χ3v) is 4.58. The van der Waals surface area contributed by atoms with Crippen molar-refractivity contribution >= 4 is 23.0 Å². The number of halogens is 1. The van der Waals surface area contributed by atoms with Crippen LogP contribution in [-0.2, 0) is 13.2 Å². The van der Waals surface area contributed by atoms with Gasteiger partial charge >= 0.3 is 0 Å². The average molecular weight is 395 g/mol. The van der Waals surface area contributed by atoms with Gasteiger partial charge in [-0.25, -0.2) is 4.39 Å². The highest BCUT2D eigenvalue weighted by Crippen LogP contribution is 2.17. The number of benzene rings is 3. The van der Waals surface area contributed by atoms with Gasteiger partial charge in [0.2, 0.25) is 0 Å². The van der Waals surface area contributed by atoms with Crippen molar-refractivity contribution in [2.24, 2.45) is 0 Å². The van der Waals surface area contributed by atoms with Crippen LogP contribution in [0.5, 0.6) is 5.75 Å². The number of ether oxygens (including phenoxy) is 1. The Labute approximate surface area is 170 Å². The molecule has 5 heteroatoms. The highest BCUT2D eigenvalue weighted by molar-refractivity contribution is 7.80. The fourth-order valence-corrected chi connectivity index (χ4v) is 2.85. The summed E-state index contributed by atoms with van der Waals surface area (Å²) in [6.45, 7) is 5.13. The van der Waals surface area contributed by atoms with Gasteiger partial charge in [0, 0.05) is 12.2 Å².